The summed E-state index contributed by atoms with van der Waals surface area (Å²) < 4.78 is 0. The number of carbonyl (C=O) groups excluding carboxylic acids is 1. The van der Waals surface area contributed by atoms with Crippen LogP contribution in [0.5, 0.6) is 0 Å². The number of hydrogen-bond donors (Lipinski definition) is 2. The monoisotopic (exact) mass is 379 g/mol. The van der Waals surface area contributed by atoms with Crippen LogP contribution in [0, 0.1) is 6.92 Å². The highest BCUT2D eigenvalue weighted by atomic mass is 35.5. The summed E-state index contributed by atoms with van der Waals surface area (Å²) in [6.45, 7) is 3.26. The standard InChI is InChI=1S/C22H22ClN3O/c1-16-5-7-18(8-6-16)15-26-22(27)21-14-20(10-12-25-21)24-11-9-17-3-2-4-19(23)13-17/h2-8,10,12-14H,9,11,15H2,1H3,(H,24,25)(H,26,27). The number of aromatic nitrogens is 1. The van der Waals surface area contributed by atoms with Gasteiger partial charge < -0.3 is 10.6 Å². The topological polar surface area (TPSA) is 54.0 Å². The van der Waals surface area contributed by atoms with Crippen molar-refractivity contribution in [1.82, 2.24) is 10.3 Å². The summed E-state index contributed by atoms with van der Waals surface area (Å²) in [5.74, 6) is -0.186. The van der Waals surface area contributed by atoms with E-state index in [4.69, 9.17) is 11.6 Å². The van der Waals surface area contributed by atoms with Gasteiger partial charge >= 0.3 is 0 Å². The van der Waals surface area contributed by atoms with E-state index in [9.17, 15) is 4.79 Å². The highest BCUT2D eigenvalue weighted by Gasteiger charge is 2.08. The number of hydrogen-bond acceptors (Lipinski definition) is 3. The number of anilines is 1. The maximum Gasteiger partial charge on any atom is 0.270 e. The van der Waals surface area contributed by atoms with Crippen molar-refractivity contribution in [3.8, 4) is 0 Å². The van der Waals surface area contributed by atoms with Gasteiger partial charge in [0.2, 0.25) is 0 Å². The molecule has 0 radical (unpaired) electrons. The molecule has 4 nitrogen and oxygen atoms in total. The third-order valence-corrected chi connectivity index (χ3v) is 4.43. The van der Waals surface area contributed by atoms with Gasteiger partial charge in [0.1, 0.15) is 5.69 Å². The van der Waals surface area contributed by atoms with Crippen LogP contribution in [0.4, 0.5) is 5.69 Å². The average molecular weight is 380 g/mol. The Bertz CT molecular complexity index is 909. The quantitative estimate of drug-likeness (QED) is 0.629. The lowest BCUT2D eigenvalue weighted by atomic mass is 10.1. The molecule has 2 N–H and O–H groups in total. The van der Waals surface area contributed by atoms with Gasteiger partial charge in [0, 0.05) is 30.0 Å². The van der Waals surface area contributed by atoms with Crippen LogP contribution in [0.2, 0.25) is 5.02 Å². The Morgan fingerprint density at radius 3 is 2.63 bits per heavy atom. The minimum absolute atomic E-state index is 0.186. The fourth-order valence-corrected chi connectivity index (χ4v) is 2.90. The Morgan fingerprint density at radius 1 is 1.04 bits per heavy atom. The molecular weight excluding hydrogens is 358 g/mol. The second-order valence-corrected chi connectivity index (χ2v) is 6.84. The van der Waals surface area contributed by atoms with E-state index < -0.39 is 0 Å². The molecule has 0 spiro atoms. The first-order valence-corrected chi connectivity index (χ1v) is 9.26. The molecule has 0 saturated carbocycles. The van der Waals surface area contributed by atoms with Gasteiger partial charge in [-0.3, -0.25) is 9.78 Å². The number of carbonyl (C=O) groups is 1. The maximum absolute atomic E-state index is 12.4. The Kier molecular flexibility index (Phi) is 6.44. The van der Waals surface area contributed by atoms with Crippen LogP contribution in [0.3, 0.4) is 0 Å². The molecular formula is C22H22ClN3O. The fraction of sp³-hybridized carbons (Fsp3) is 0.182. The molecule has 138 valence electrons. The molecule has 2 aromatic carbocycles. The van der Waals surface area contributed by atoms with Crippen molar-refractivity contribution < 1.29 is 4.79 Å². The van der Waals surface area contributed by atoms with Crippen LogP contribution in [0.15, 0.2) is 66.9 Å². The van der Waals surface area contributed by atoms with Gasteiger partial charge in [-0.1, -0.05) is 53.6 Å². The first-order valence-electron chi connectivity index (χ1n) is 8.88. The van der Waals surface area contributed by atoms with Crippen molar-refractivity contribution in [2.24, 2.45) is 0 Å². The van der Waals surface area contributed by atoms with E-state index in [-0.39, 0.29) is 5.91 Å². The zero-order chi connectivity index (χ0) is 19.1. The van der Waals surface area contributed by atoms with Gasteiger partial charge in [-0.05, 0) is 48.7 Å². The molecule has 27 heavy (non-hydrogen) atoms. The van der Waals surface area contributed by atoms with Crippen molar-refractivity contribution in [2.45, 2.75) is 19.9 Å². The molecule has 3 rings (SSSR count). The number of nitrogens with zero attached hydrogens (tertiary/aromatic N) is 1. The largest absolute Gasteiger partial charge is 0.385 e. The number of benzene rings is 2. The molecule has 1 heterocycles. The van der Waals surface area contributed by atoms with Gasteiger partial charge in [-0.2, -0.15) is 0 Å². The molecule has 0 atom stereocenters. The fourth-order valence-electron chi connectivity index (χ4n) is 2.69. The second kappa shape index (κ2) is 9.19. The predicted molar refractivity (Wildman–Crippen MR) is 110 cm³/mol. The molecule has 0 aliphatic carbocycles. The van der Waals surface area contributed by atoms with Crippen LogP contribution in [-0.2, 0) is 13.0 Å². The van der Waals surface area contributed by atoms with E-state index >= 15 is 0 Å². The molecule has 1 aromatic heterocycles. The smallest absolute Gasteiger partial charge is 0.270 e. The Hall–Kier alpha value is -2.85. The van der Waals surface area contributed by atoms with Crippen molar-refractivity contribution >= 4 is 23.2 Å². The maximum atomic E-state index is 12.4. The lowest BCUT2D eigenvalue weighted by Crippen LogP contribution is -2.23. The van der Waals surface area contributed by atoms with Gasteiger partial charge in [-0.25, -0.2) is 0 Å². The number of halogens is 1. The summed E-state index contributed by atoms with van der Waals surface area (Å²) in [7, 11) is 0. The number of nitrogens with one attached hydrogen (secondary N) is 2. The average Bonchev–Trinajstić information content (AvgIpc) is 2.68. The van der Waals surface area contributed by atoms with E-state index in [1.54, 1.807) is 12.3 Å². The van der Waals surface area contributed by atoms with Crippen LogP contribution < -0.4 is 10.6 Å². The van der Waals surface area contributed by atoms with E-state index in [0.29, 0.717) is 12.2 Å². The summed E-state index contributed by atoms with van der Waals surface area (Å²) in [6.07, 6.45) is 2.49. The summed E-state index contributed by atoms with van der Waals surface area (Å²) in [5, 5.41) is 6.97. The van der Waals surface area contributed by atoms with Crippen LogP contribution in [-0.4, -0.2) is 17.4 Å². The van der Waals surface area contributed by atoms with Gasteiger partial charge in [0.05, 0.1) is 0 Å². The molecule has 1 amide bonds. The highest BCUT2D eigenvalue weighted by molar-refractivity contribution is 6.30. The number of aryl methyl sites for hydroxylation is 1. The van der Waals surface area contributed by atoms with Gasteiger partial charge in [0.25, 0.3) is 5.91 Å². The van der Waals surface area contributed by atoms with Crippen LogP contribution >= 0.6 is 11.6 Å². The lowest BCUT2D eigenvalue weighted by Gasteiger charge is -2.09. The zero-order valence-electron chi connectivity index (χ0n) is 15.2. The molecule has 0 aliphatic heterocycles. The zero-order valence-corrected chi connectivity index (χ0v) is 16.0. The van der Waals surface area contributed by atoms with Gasteiger partial charge in [0.15, 0.2) is 0 Å². The summed E-state index contributed by atoms with van der Waals surface area (Å²) >= 11 is 6.00. The first kappa shape index (κ1) is 18.9. The van der Waals surface area contributed by atoms with Crippen molar-refractivity contribution in [3.63, 3.8) is 0 Å². The van der Waals surface area contributed by atoms with Crippen LogP contribution in [0.25, 0.3) is 0 Å². The molecule has 0 fully saturated rings. The number of amides is 1. The number of rotatable bonds is 7. The Morgan fingerprint density at radius 2 is 1.85 bits per heavy atom. The molecule has 5 heteroatoms. The summed E-state index contributed by atoms with van der Waals surface area (Å²) in [6, 6.07) is 19.5. The van der Waals surface area contributed by atoms with E-state index in [1.807, 2.05) is 61.5 Å². The Labute approximate surface area is 164 Å². The lowest BCUT2D eigenvalue weighted by molar-refractivity contribution is 0.0946. The molecule has 0 aliphatic rings. The minimum Gasteiger partial charge on any atom is -0.385 e. The van der Waals surface area contributed by atoms with E-state index in [0.717, 1.165) is 29.2 Å². The normalized spacial score (nSPS) is 10.4. The van der Waals surface area contributed by atoms with Crippen LogP contribution in [0.1, 0.15) is 27.2 Å². The minimum atomic E-state index is -0.186. The van der Waals surface area contributed by atoms with E-state index in [2.05, 4.69) is 15.6 Å². The summed E-state index contributed by atoms with van der Waals surface area (Å²) in [4.78, 5) is 16.5. The third kappa shape index (κ3) is 5.83. The molecule has 0 unspecified atom stereocenters. The Balaban J connectivity index is 1.53. The van der Waals surface area contributed by atoms with Crippen molar-refractivity contribution in [1.29, 1.82) is 0 Å². The summed E-state index contributed by atoms with van der Waals surface area (Å²) in [5.41, 5.74) is 4.69. The SMILES string of the molecule is Cc1ccc(CNC(=O)c2cc(NCCc3cccc(Cl)c3)ccn2)cc1. The first-order chi connectivity index (χ1) is 13.1. The highest BCUT2D eigenvalue weighted by Crippen LogP contribution is 2.12. The van der Waals surface area contributed by atoms with Gasteiger partial charge in [-0.15, -0.1) is 0 Å². The molecule has 3 aromatic rings. The molecule has 0 saturated heterocycles. The van der Waals surface area contributed by atoms with Crippen molar-refractivity contribution in [3.05, 3.63) is 94.3 Å². The number of pyridine rings is 1. The third-order valence-electron chi connectivity index (χ3n) is 4.20. The molecule has 0 bridgehead atoms. The predicted octanol–water partition coefficient (Wildman–Crippen LogP) is 4.63. The van der Waals surface area contributed by atoms with Crippen molar-refractivity contribution in [2.75, 3.05) is 11.9 Å². The van der Waals surface area contributed by atoms with E-state index in [1.165, 1.54) is 11.1 Å². The second-order valence-electron chi connectivity index (χ2n) is 6.40.